The first kappa shape index (κ1) is 15.5. The van der Waals surface area contributed by atoms with Crippen molar-refractivity contribution in [2.24, 2.45) is 7.05 Å². The summed E-state index contributed by atoms with van der Waals surface area (Å²) in [4.78, 5) is 2.31. The zero-order chi connectivity index (χ0) is 13.7. The Morgan fingerprint density at radius 2 is 2.00 bits per heavy atom. The van der Waals surface area contributed by atoms with E-state index in [0.717, 1.165) is 37.3 Å². The van der Waals surface area contributed by atoms with Gasteiger partial charge in [0.15, 0.2) is 0 Å². The van der Waals surface area contributed by atoms with Crippen LogP contribution in [0.15, 0.2) is 0 Å². The Labute approximate surface area is 115 Å². The van der Waals surface area contributed by atoms with Gasteiger partial charge in [0, 0.05) is 25.6 Å². The molecule has 0 aliphatic carbocycles. The Kier molecular flexibility index (Phi) is 6.12. The number of nitrogens with zero attached hydrogens (tertiary/aromatic N) is 3. The van der Waals surface area contributed by atoms with E-state index in [1.807, 2.05) is 14.0 Å². The van der Waals surface area contributed by atoms with E-state index in [2.05, 4.69) is 23.8 Å². The minimum atomic E-state index is -0.356. The van der Waals surface area contributed by atoms with E-state index in [1.54, 1.807) is 4.68 Å². The molecular weight excluding hydrogens is 250 g/mol. The van der Waals surface area contributed by atoms with Crippen LogP contribution in [0.3, 0.4) is 0 Å². The van der Waals surface area contributed by atoms with Gasteiger partial charge in [0.05, 0.1) is 11.8 Å². The Bertz CT molecular complexity index is 375. The van der Waals surface area contributed by atoms with Crippen molar-refractivity contribution in [3.8, 4) is 0 Å². The fourth-order valence-electron chi connectivity index (χ4n) is 2.11. The molecule has 1 rings (SSSR count). The number of aromatic nitrogens is 2. The predicted octanol–water partition coefficient (Wildman–Crippen LogP) is 2.02. The third-order valence-electron chi connectivity index (χ3n) is 3.38. The molecule has 0 fully saturated rings. The lowest BCUT2D eigenvalue weighted by molar-refractivity contribution is 0.143. The molecule has 1 unspecified atom stereocenters. The smallest absolute Gasteiger partial charge is 0.130 e. The maximum absolute atomic E-state index is 10.1. The Morgan fingerprint density at radius 3 is 2.44 bits per heavy atom. The zero-order valence-electron chi connectivity index (χ0n) is 11.8. The summed E-state index contributed by atoms with van der Waals surface area (Å²) in [5.41, 5.74) is 1.87. The quantitative estimate of drug-likeness (QED) is 0.826. The summed E-state index contributed by atoms with van der Waals surface area (Å²) in [7, 11) is 1.82. The lowest BCUT2D eigenvalue weighted by atomic mass is 10.1. The van der Waals surface area contributed by atoms with E-state index in [4.69, 9.17) is 11.6 Å². The molecule has 0 bridgehead atoms. The summed E-state index contributed by atoms with van der Waals surface area (Å²) in [5, 5.41) is 15.0. The largest absolute Gasteiger partial charge is 0.393 e. The number of aryl methyl sites for hydroxylation is 2. The minimum absolute atomic E-state index is 0.356. The third kappa shape index (κ3) is 3.97. The molecule has 1 N–H and O–H groups in total. The van der Waals surface area contributed by atoms with Crippen LogP contribution in [0, 0.1) is 6.92 Å². The van der Waals surface area contributed by atoms with Crippen LogP contribution < -0.4 is 0 Å². The van der Waals surface area contributed by atoms with Crippen LogP contribution in [0.1, 0.15) is 31.5 Å². The van der Waals surface area contributed by atoms with Gasteiger partial charge in [0.2, 0.25) is 0 Å². The maximum Gasteiger partial charge on any atom is 0.130 e. The highest BCUT2D eigenvalue weighted by Crippen LogP contribution is 2.20. The molecule has 1 aromatic rings. The van der Waals surface area contributed by atoms with Crippen molar-refractivity contribution < 1.29 is 5.11 Å². The van der Waals surface area contributed by atoms with E-state index < -0.39 is 0 Å². The summed E-state index contributed by atoms with van der Waals surface area (Å²) in [6.07, 6.45) is 0.998. The third-order valence-corrected chi connectivity index (χ3v) is 3.86. The van der Waals surface area contributed by atoms with Crippen LogP contribution in [0.2, 0.25) is 5.15 Å². The minimum Gasteiger partial charge on any atom is -0.393 e. The van der Waals surface area contributed by atoms with Crippen LogP contribution >= 0.6 is 11.6 Å². The lowest BCUT2D eigenvalue weighted by Crippen LogP contribution is -2.27. The van der Waals surface area contributed by atoms with Crippen molar-refractivity contribution in [3.63, 3.8) is 0 Å². The van der Waals surface area contributed by atoms with Crippen molar-refractivity contribution in [3.05, 3.63) is 16.4 Å². The molecular formula is C13H24ClN3O. The average molecular weight is 274 g/mol. The first-order chi connectivity index (χ1) is 8.49. The number of hydrogen-bond acceptors (Lipinski definition) is 3. The van der Waals surface area contributed by atoms with Crippen LogP contribution in [-0.2, 0) is 13.5 Å². The highest BCUT2D eigenvalue weighted by molar-refractivity contribution is 6.30. The van der Waals surface area contributed by atoms with Crippen LogP contribution in [0.4, 0.5) is 0 Å². The van der Waals surface area contributed by atoms with Gasteiger partial charge in [-0.1, -0.05) is 25.4 Å². The average Bonchev–Trinajstić information content (AvgIpc) is 2.57. The summed E-state index contributed by atoms with van der Waals surface area (Å²) < 4.78 is 1.66. The fourth-order valence-corrected chi connectivity index (χ4v) is 2.37. The van der Waals surface area contributed by atoms with E-state index in [0.29, 0.717) is 11.6 Å². The van der Waals surface area contributed by atoms with Crippen molar-refractivity contribution >= 4 is 11.6 Å². The summed E-state index contributed by atoms with van der Waals surface area (Å²) in [6, 6.07) is 0. The maximum atomic E-state index is 10.1. The SMILES string of the molecule is CCN(CC)CCC(O)Cc1c(C)nn(C)c1Cl. The van der Waals surface area contributed by atoms with Gasteiger partial charge < -0.3 is 10.0 Å². The van der Waals surface area contributed by atoms with E-state index in [-0.39, 0.29) is 6.10 Å². The second-order valence-corrected chi connectivity index (χ2v) is 5.01. The number of aliphatic hydroxyl groups excluding tert-OH is 1. The number of rotatable bonds is 7. The zero-order valence-corrected chi connectivity index (χ0v) is 12.5. The van der Waals surface area contributed by atoms with Crippen molar-refractivity contribution in [1.82, 2.24) is 14.7 Å². The lowest BCUT2D eigenvalue weighted by Gasteiger charge is -2.20. The van der Waals surface area contributed by atoms with Gasteiger partial charge in [0.25, 0.3) is 0 Å². The van der Waals surface area contributed by atoms with Gasteiger partial charge in [-0.05, 0) is 26.4 Å². The first-order valence-electron chi connectivity index (χ1n) is 6.57. The highest BCUT2D eigenvalue weighted by atomic mass is 35.5. The molecule has 18 heavy (non-hydrogen) atoms. The Balaban J connectivity index is 2.51. The molecule has 4 nitrogen and oxygen atoms in total. The van der Waals surface area contributed by atoms with Gasteiger partial charge in [-0.3, -0.25) is 4.68 Å². The Hall–Kier alpha value is -0.580. The normalized spacial score (nSPS) is 13.3. The highest BCUT2D eigenvalue weighted by Gasteiger charge is 2.15. The molecule has 1 aromatic heterocycles. The van der Waals surface area contributed by atoms with E-state index in [1.165, 1.54) is 0 Å². The molecule has 0 spiro atoms. The number of hydrogen-bond donors (Lipinski definition) is 1. The monoisotopic (exact) mass is 273 g/mol. The summed E-state index contributed by atoms with van der Waals surface area (Å²) in [5.74, 6) is 0. The first-order valence-corrected chi connectivity index (χ1v) is 6.95. The molecule has 1 atom stereocenters. The molecule has 5 heteroatoms. The molecule has 0 saturated carbocycles. The van der Waals surface area contributed by atoms with Crippen molar-refractivity contribution in [2.75, 3.05) is 19.6 Å². The van der Waals surface area contributed by atoms with Crippen molar-refractivity contribution in [2.45, 2.75) is 39.7 Å². The van der Waals surface area contributed by atoms with Crippen molar-refractivity contribution in [1.29, 1.82) is 0 Å². The van der Waals surface area contributed by atoms with Gasteiger partial charge in [-0.2, -0.15) is 5.10 Å². The molecule has 0 aromatic carbocycles. The Morgan fingerprint density at radius 1 is 1.39 bits per heavy atom. The fraction of sp³-hybridized carbons (Fsp3) is 0.769. The standard InChI is InChI=1S/C13H24ClN3O/c1-5-17(6-2)8-7-11(18)9-12-10(3)15-16(4)13(12)14/h11,18H,5-9H2,1-4H3. The topological polar surface area (TPSA) is 41.3 Å². The number of aliphatic hydroxyl groups is 1. The van der Waals surface area contributed by atoms with Gasteiger partial charge in [-0.25, -0.2) is 0 Å². The molecule has 0 aliphatic rings. The second-order valence-electron chi connectivity index (χ2n) is 4.65. The van der Waals surface area contributed by atoms with Gasteiger partial charge in [0.1, 0.15) is 5.15 Å². The predicted molar refractivity (Wildman–Crippen MR) is 75.1 cm³/mol. The molecule has 0 radical (unpaired) electrons. The molecule has 0 amide bonds. The van der Waals surface area contributed by atoms with E-state index in [9.17, 15) is 5.11 Å². The van der Waals surface area contributed by atoms with E-state index >= 15 is 0 Å². The molecule has 0 aliphatic heterocycles. The molecule has 104 valence electrons. The van der Waals surface area contributed by atoms with Crippen LogP contribution in [0.25, 0.3) is 0 Å². The van der Waals surface area contributed by atoms with Gasteiger partial charge >= 0.3 is 0 Å². The van der Waals surface area contributed by atoms with Crippen LogP contribution in [0.5, 0.6) is 0 Å². The summed E-state index contributed by atoms with van der Waals surface area (Å²) in [6.45, 7) is 9.17. The number of halogens is 1. The second kappa shape index (κ2) is 7.12. The molecule has 0 saturated heterocycles. The van der Waals surface area contributed by atoms with Gasteiger partial charge in [-0.15, -0.1) is 0 Å². The van der Waals surface area contributed by atoms with Crippen LogP contribution in [-0.4, -0.2) is 45.5 Å². The summed E-state index contributed by atoms with van der Waals surface area (Å²) >= 11 is 6.15. The molecule has 1 heterocycles.